The minimum Gasteiger partial charge on any atom is -0.393 e. The van der Waals surface area contributed by atoms with E-state index < -0.39 is 23.0 Å². The van der Waals surface area contributed by atoms with Crippen molar-refractivity contribution in [2.75, 3.05) is 5.73 Å². The van der Waals surface area contributed by atoms with Crippen LogP contribution in [0.2, 0.25) is 0 Å². The lowest BCUT2D eigenvalue weighted by Gasteiger charge is -2.12. The molecule has 0 aliphatic rings. The van der Waals surface area contributed by atoms with Crippen LogP contribution in [0.5, 0.6) is 0 Å². The first-order chi connectivity index (χ1) is 9.42. The number of nitrogens with zero attached hydrogens (tertiary/aromatic N) is 2. The van der Waals surface area contributed by atoms with E-state index in [4.69, 9.17) is 5.73 Å². The Morgan fingerprint density at radius 3 is 2.15 bits per heavy atom. The molecule has 2 rings (SSSR count). The number of nitrogen functional groups attached to an aromatic ring is 1. The molecule has 0 aliphatic heterocycles. The molecule has 0 spiro atoms. The van der Waals surface area contributed by atoms with Crippen molar-refractivity contribution in [2.45, 2.75) is 26.8 Å². The standard InChI is InChI=1S/C13H14F3N3O/c1-3-10-12(17)13(20)19(18(10)4-2)7-5-8(14)11(16)9(15)6-7/h5-6H,3-4,17H2,1-2H3. The van der Waals surface area contributed by atoms with Crippen LogP contribution in [-0.2, 0) is 13.0 Å². The Labute approximate surface area is 113 Å². The van der Waals surface area contributed by atoms with Crippen molar-refractivity contribution in [3.8, 4) is 5.69 Å². The molecule has 0 atom stereocenters. The molecule has 2 aromatic rings. The number of anilines is 1. The van der Waals surface area contributed by atoms with Gasteiger partial charge in [0.15, 0.2) is 17.5 Å². The van der Waals surface area contributed by atoms with Crippen molar-refractivity contribution in [1.82, 2.24) is 9.36 Å². The zero-order chi connectivity index (χ0) is 15.0. The lowest BCUT2D eigenvalue weighted by molar-refractivity contribution is 0.443. The van der Waals surface area contributed by atoms with Crippen LogP contribution < -0.4 is 11.3 Å². The van der Waals surface area contributed by atoms with Crippen LogP contribution in [0, 0.1) is 17.5 Å². The Bertz CT molecular complexity index is 695. The van der Waals surface area contributed by atoms with Crippen molar-refractivity contribution in [1.29, 1.82) is 0 Å². The monoisotopic (exact) mass is 285 g/mol. The second-order valence-corrected chi connectivity index (χ2v) is 4.27. The summed E-state index contributed by atoms with van der Waals surface area (Å²) in [5, 5.41) is 0. The Balaban J connectivity index is 2.79. The quantitative estimate of drug-likeness (QED) is 0.879. The third-order valence-electron chi connectivity index (χ3n) is 3.13. The molecule has 0 bridgehead atoms. The summed E-state index contributed by atoms with van der Waals surface area (Å²) in [5.74, 6) is -4.28. The van der Waals surface area contributed by atoms with Crippen LogP contribution in [0.1, 0.15) is 19.5 Å². The number of hydrogen-bond acceptors (Lipinski definition) is 2. The molecule has 1 aromatic carbocycles. The molecule has 7 heteroatoms. The van der Waals surface area contributed by atoms with Gasteiger partial charge in [0.25, 0.3) is 5.56 Å². The molecule has 0 fully saturated rings. The molecule has 0 saturated carbocycles. The van der Waals surface area contributed by atoms with Crippen LogP contribution in [0.3, 0.4) is 0 Å². The Morgan fingerprint density at radius 1 is 1.15 bits per heavy atom. The highest BCUT2D eigenvalue weighted by Gasteiger charge is 2.19. The molecular formula is C13H14F3N3O. The van der Waals surface area contributed by atoms with Gasteiger partial charge in [0.2, 0.25) is 0 Å². The molecule has 1 aromatic heterocycles. The average molecular weight is 285 g/mol. The molecule has 0 unspecified atom stereocenters. The van der Waals surface area contributed by atoms with Gasteiger partial charge in [-0.3, -0.25) is 9.48 Å². The maximum atomic E-state index is 13.3. The van der Waals surface area contributed by atoms with Gasteiger partial charge in [-0.15, -0.1) is 0 Å². The first-order valence-corrected chi connectivity index (χ1v) is 6.17. The van der Waals surface area contributed by atoms with Crippen molar-refractivity contribution in [2.24, 2.45) is 0 Å². The zero-order valence-electron chi connectivity index (χ0n) is 11.1. The molecule has 0 saturated heterocycles. The molecule has 0 aliphatic carbocycles. The zero-order valence-corrected chi connectivity index (χ0v) is 11.1. The van der Waals surface area contributed by atoms with E-state index in [1.54, 1.807) is 6.92 Å². The first kappa shape index (κ1) is 14.2. The third kappa shape index (κ3) is 1.99. The molecule has 0 amide bonds. The second-order valence-electron chi connectivity index (χ2n) is 4.27. The van der Waals surface area contributed by atoms with E-state index in [9.17, 15) is 18.0 Å². The van der Waals surface area contributed by atoms with E-state index in [0.717, 1.165) is 16.8 Å². The number of benzene rings is 1. The van der Waals surface area contributed by atoms with Gasteiger partial charge >= 0.3 is 0 Å². The van der Waals surface area contributed by atoms with Gasteiger partial charge in [0, 0.05) is 18.7 Å². The van der Waals surface area contributed by atoms with Gasteiger partial charge in [-0.25, -0.2) is 17.9 Å². The predicted molar refractivity (Wildman–Crippen MR) is 69.4 cm³/mol. The summed E-state index contributed by atoms with van der Waals surface area (Å²) in [6.07, 6.45) is 0.494. The smallest absolute Gasteiger partial charge is 0.294 e. The maximum absolute atomic E-state index is 13.3. The van der Waals surface area contributed by atoms with Gasteiger partial charge in [-0.1, -0.05) is 6.92 Å². The topological polar surface area (TPSA) is 53.0 Å². The van der Waals surface area contributed by atoms with Gasteiger partial charge in [-0.2, -0.15) is 0 Å². The van der Waals surface area contributed by atoms with Gasteiger partial charge in [0.05, 0.1) is 11.4 Å². The molecule has 4 nitrogen and oxygen atoms in total. The number of halogens is 3. The Morgan fingerprint density at radius 2 is 1.70 bits per heavy atom. The van der Waals surface area contributed by atoms with Crippen LogP contribution in [0.25, 0.3) is 5.69 Å². The molecule has 0 radical (unpaired) electrons. The van der Waals surface area contributed by atoms with Crippen molar-refractivity contribution in [3.05, 3.63) is 45.6 Å². The lowest BCUT2D eigenvalue weighted by Crippen LogP contribution is -2.22. The number of aromatic nitrogens is 2. The van der Waals surface area contributed by atoms with E-state index in [2.05, 4.69) is 0 Å². The predicted octanol–water partition coefficient (Wildman–Crippen LogP) is 2.22. The Kier molecular flexibility index (Phi) is 3.61. The van der Waals surface area contributed by atoms with E-state index >= 15 is 0 Å². The summed E-state index contributed by atoms with van der Waals surface area (Å²) in [5.41, 5.74) is 5.64. The SMILES string of the molecule is CCc1c(N)c(=O)n(-c2cc(F)c(F)c(F)c2)n1CC. The van der Waals surface area contributed by atoms with Crippen LogP contribution in [-0.4, -0.2) is 9.36 Å². The highest BCUT2D eigenvalue weighted by molar-refractivity contribution is 5.45. The molecule has 108 valence electrons. The van der Waals surface area contributed by atoms with Crippen molar-refractivity contribution >= 4 is 5.69 Å². The summed E-state index contributed by atoms with van der Waals surface area (Å²) in [4.78, 5) is 12.1. The maximum Gasteiger partial charge on any atom is 0.294 e. The fraction of sp³-hybridized carbons (Fsp3) is 0.308. The minimum absolute atomic E-state index is 0.0273. The highest BCUT2D eigenvalue weighted by Crippen LogP contribution is 2.19. The largest absolute Gasteiger partial charge is 0.393 e. The van der Waals surface area contributed by atoms with Gasteiger partial charge in [0.1, 0.15) is 5.69 Å². The van der Waals surface area contributed by atoms with Gasteiger partial charge < -0.3 is 5.73 Å². The molecule has 1 heterocycles. The third-order valence-corrected chi connectivity index (χ3v) is 3.13. The van der Waals surface area contributed by atoms with Crippen molar-refractivity contribution < 1.29 is 13.2 Å². The van der Waals surface area contributed by atoms with Crippen LogP contribution in [0.4, 0.5) is 18.9 Å². The number of nitrogens with two attached hydrogens (primary N) is 1. The summed E-state index contributed by atoms with van der Waals surface area (Å²) >= 11 is 0. The van der Waals surface area contributed by atoms with E-state index in [-0.39, 0.29) is 11.4 Å². The summed E-state index contributed by atoms with van der Waals surface area (Å²) in [6, 6.07) is 1.54. The van der Waals surface area contributed by atoms with E-state index in [0.29, 0.717) is 18.7 Å². The fourth-order valence-corrected chi connectivity index (χ4v) is 2.23. The summed E-state index contributed by atoms with van der Waals surface area (Å²) < 4.78 is 42.2. The highest BCUT2D eigenvalue weighted by atomic mass is 19.2. The minimum atomic E-state index is -1.57. The normalized spacial score (nSPS) is 11.1. The molecular weight excluding hydrogens is 271 g/mol. The number of hydrogen-bond donors (Lipinski definition) is 1. The Hall–Kier alpha value is -2.18. The van der Waals surface area contributed by atoms with E-state index in [1.807, 2.05) is 6.92 Å². The van der Waals surface area contributed by atoms with Gasteiger partial charge in [-0.05, 0) is 13.3 Å². The molecule has 20 heavy (non-hydrogen) atoms. The fourth-order valence-electron chi connectivity index (χ4n) is 2.23. The second kappa shape index (κ2) is 5.07. The van der Waals surface area contributed by atoms with E-state index in [1.165, 1.54) is 4.68 Å². The van der Waals surface area contributed by atoms with Crippen LogP contribution in [0.15, 0.2) is 16.9 Å². The lowest BCUT2D eigenvalue weighted by atomic mass is 10.3. The summed E-state index contributed by atoms with van der Waals surface area (Å²) in [6.45, 7) is 3.97. The van der Waals surface area contributed by atoms with Crippen LogP contribution >= 0.6 is 0 Å². The van der Waals surface area contributed by atoms with Crippen molar-refractivity contribution in [3.63, 3.8) is 0 Å². The molecule has 2 N–H and O–H groups in total. The summed E-state index contributed by atoms with van der Waals surface area (Å²) in [7, 11) is 0. The first-order valence-electron chi connectivity index (χ1n) is 6.17. The average Bonchev–Trinajstić information content (AvgIpc) is 2.67. The number of rotatable bonds is 3.